The highest BCUT2D eigenvalue weighted by Crippen LogP contribution is 2.41. The van der Waals surface area contributed by atoms with Crippen LogP contribution in [0, 0.1) is 0 Å². The minimum Gasteiger partial charge on any atom is -0.490 e. The van der Waals surface area contributed by atoms with E-state index in [-0.39, 0.29) is 11.4 Å². The van der Waals surface area contributed by atoms with E-state index in [0.29, 0.717) is 18.0 Å². The van der Waals surface area contributed by atoms with E-state index in [0.717, 1.165) is 34.4 Å². The predicted octanol–water partition coefficient (Wildman–Crippen LogP) is 2.92. The molecule has 1 aromatic carbocycles. The number of fused-ring (bicyclic) bond motifs is 2. The highest BCUT2D eigenvalue weighted by molar-refractivity contribution is 7.17. The molecule has 0 fully saturated rings. The van der Waals surface area contributed by atoms with Crippen LogP contribution in [0.3, 0.4) is 0 Å². The van der Waals surface area contributed by atoms with E-state index in [9.17, 15) is 4.79 Å². The number of rotatable bonds is 2. The Kier molecular flexibility index (Phi) is 3.51. The summed E-state index contributed by atoms with van der Waals surface area (Å²) in [6, 6.07) is 7.88. The first-order valence-electron chi connectivity index (χ1n) is 8.87. The summed E-state index contributed by atoms with van der Waals surface area (Å²) in [6.07, 6.45) is 4.39. The smallest absolute Gasteiger partial charge is 0.263 e. The Morgan fingerprint density at radius 1 is 1.33 bits per heavy atom. The Bertz CT molecular complexity index is 1020. The number of amides is 1. The molecule has 2 aliphatic rings. The molecule has 0 bridgehead atoms. The third-order valence-corrected chi connectivity index (χ3v) is 5.88. The number of thiazole rings is 1. The molecule has 0 saturated heterocycles. The lowest BCUT2D eigenvalue weighted by Gasteiger charge is -2.29. The number of hydrogen-bond donors (Lipinski definition) is 1. The quantitative estimate of drug-likeness (QED) is 0.739. The summed E-state index contributed by atoms with van der Waals surface area (Å²) in [4.78, 5) is 20.1. The molecule has 1 amide bonds. The minimum absolute atomic E-state index is 0.0382. The molecule has 0 spiro atoms. The minimum atomic E-state index is -0.272. The van der Waals surface area contributed by atoms with Crippen LogP contribution in [-0.4, -0.2) is 39.4 Å². The van der Waals surface area contributed by atoms with Crippen LogP contribution in [0.1, 0.15) is 29.2 Å². The zero-order chi connectivity index (χ0) is 18.6. The van der Waals surface area contributed by atoms with Gasteiger partial charge in [0.15, 0.2) is 5.13 Å². The van der Waals surface area contributed by atoms with Crippen molar-refractivity contribution < 1.29 is 9.53 Å². The summed E-state index contributed by atoms with van der Waals surface area (Å²) in [5.74, 6) is 0.777. The molecule has 4 heterocycles. The predicted molar refractivity (Wildman–Crippen MR) is 103 cm³/mol. The maximum absolute atomic E-state index is 12.5. The van der Waals surface area contributed by atoms with Crippen molar-refractivity contribution in [1.82, 2.24) is 20.1 Å². The van der Waals surface area contributed by atoms with Gasteiger partial charge < -0.3 is 15.0 Å². The molecule has 2 aliphatic heterocycles. The van der Waals surface area contributed by atoms with Gasteiger partial charge in [0, 0.05) is 24.4 Å². The Hall–Kier alpha value is -2.87. The summed E-state index contributed by atoms with van der Waals surface area (Å²) >= 11 is 1.44. The molecule has 5 rings (SSSR count). The number of benzene rings is 1. The second-order valence-electron chi connectivity index (χ2n) is 7.39. The molecule has 7 nitrogen and oxygen atoms in total. The average Bonchev–Trinajstić information content (AvgIpc) is 3.29. The fourth-order valence-corrected chi connectivity index (χ4v) is 4.57. The lowest BCUT2D eigenvalue weighted by Crippen LogP contribution is -2.48. The standard InChI is InChI=1S/C19H19N5O2S/c1-19(2)11-13-16(17(25)22-19)27-18(21-13)23-8-9-26-15-5-4-12(10-14(15)23)24-7-3-6-20-24/h3-7,10H,8-9,11H2,1-2H3,(H,22,25). The molecule has 2 aromatic heterocycles. The van der Waals surface area contributed by atoms with Gasteiger partial charge in [-0.05, 0) is 38.1 Å². The first-order chi connectivity index (χ1) is 13.0. The molecule has 0 unspecified atom stereocenters. The van der Waals surface area contributed by atoms with Crippen LogP contribution in [-0.2, 0) is 6.42 Å². The lowest BCUT2D eigenvalue weighted by atomic mass is 9.94. The van der Waals surface area contributed by atoms with Gasteiger partial charge in [0.1, 0.15) is 17.2 Å². The van der Waals surface area contributed by atoms with Crippen molar-refractivity contribution >= 4 is 28.1 Å². The van der Waals surface area contributed by atoms with Gasteiger partial charge in [-0.25, -0.2) is 9.67 Å². The number of ether oxygens (including phenoxy) is 1. The van der Waals surface area contributed by atoms with Crippen molar-refractivity contribution in [3.05, 3.63) is 47.2 Å². The molecule has 3 aromatic rings. The van der Waals surface area contributed by atoms with Crippen LogP contribution in [0.2, 0.25) is 0 Å². The van der Waals surface area contributed by atoms with E-state index in [1.165, 1.54) is 11.3 Å². The van der Waals surface area contributed by atoms with Crippen molar-refractivity contribution in [3.63, 3.8) is 0 Å². The SMILES string of the molecule is CC1(C)Cc2nc(N3CCOc4ccc(-n5cccn5)cc43)sc2C(=O)N1. The van der Waals surface area contributed by atoms with Gasteiger partial charge in [-0.1, -0.05) is 11.3 Å². The van der Waals surface area contributed by atoms with E-state index in [1.807, 2.05) is 49.0 Å². The van der Waals surface area contributed by atoms with Crippen LogP contribution in [0.25, 0.3) is 5.69 Å². The number of hydrogen-bond acceptors (Lipinski definition) is 6. The molecule has 0 radical (unpaired) electrons. The van der Waals surface area contributed by atoms with E-state index < -0.39 is 0 Å². The molecule has 0 atom stereocenters. The molecule has 1 N–H and O–H groups in total. The van der Waals surface area contributed by atoms with Crippen molar-refractivity contribution in [3.8, 4) is 11.4 Å². The summed E-state index contributed by atoms with van der Waals surface area (Å²) in [6.45, 7) is 5.31. The number of carbonyl (C=O) groups is 1. The maximum atomic E-state index is 12.5. The molecular weight excluding hydrogens is 362 g/mol. The highest BCUT2D eigenvalue weighted by atomic mass is 32.1. The zero-order valence-electron chi connectivity index (χ0n) is 15.1. The Morgan fingerprint density at radius 2 is 2.22 bits per heavy atom. The van der Waals surface area contributed by atoms with Gasteiger partial charge in [-0.3, -0.25) is 4.79 Å². The van der Waals surface area contributed by atoms with Gasteiger partial charge in [0.25, 0.3) is 5.91 Å². The van der Waals surface area contributed by atoms with Crippen LogP contribution >= 0.6 is 11.3 Å². The topological polar surface area (TPSA) is 72.3 Å². The van der Waals surface area contributed by atoms with Crippen LogP contribution in [0.5, 0.6) is 5.75 Å². The summed E-state index contributed by atoms with van der Waals surface area (Å²) in [7, 11) is 0. The number of nitrogens with zero attached hydrogens (tertiary/aromatic N) is 4. The van der Waals surface area contributed by atoms with Crippen molar-refractivity contribution in [2.75, 3.05) is 18.1 Å². The van der Waals surface area contributed by atoms with Crippen LogP contribution < -0.4 is 15.0 Å². The largest absolute Gasteiger partial charge is 0.490 e. The lowest BCUT2D eigenvalue weighted by molar-refractivity contribution is 0.0901. The third-order valence-electron chi connectivity index (χ3n) is 4.76. The molecule has 27 heavy (non-hydrogen) atoms. The zero-order valence-corrected chi connectivity index (χ0v) is 15.9. The molecule has 138 valence electrons. The Labute approximate surface area is 160 Å². The fraction of sp³-hybridized carbons (Fsp3) is 0.316. The van der Waals surface area contributed by atoms with E-state index in [1.54, 1.807) is 6.20 Å². The van der Waals surface area contributed by atoms with Gasteiger partial charge in [-0.15, -0.1) is 0 Å². The van der Waals surface area contributed by atoms with Gasteiger partial charge in [-0.2, -0.15) is 5.10 Å². The first kappa shape index (κ1) is 16.3. The average molecular weight is 381 g/mol. The second-order valence-corrected chi connectivity index (χ2v) is 8.37. The summed E-state index contributed by atoms with van der Waals surface area (Å²) in [5.41, 5.74) is 2.50. The van der Waals surface area contributed by atoms with Crippen molar-refractivity contribution in [2.24, 2.45) is 0 Å². The van der Waals surface area contributed by atoms with Crippen molar-refractivity contribution in [1.29, 1.82) is 0 Å². The normalized spacial score (nSPS) is 17.7. The molecule has 8 heteroatoms. The van der Waals surface area contributed by atoms with E-state index in [4.69, 9.17) is 9.72 Å². The monoisotopic (exact) mass is 381 g/mol. The van der Waals surface area contributed by atoms with E-state index >= 15 is 0 Å². The van der Waals surface area contributed by atoms with Gasteiger partial charge in [0.05, 0.1) is 23.6 Å². The maximum Gasteiger partial charge on any atom is 0.263 e. The van der Waals surface area contributed by atoms with Gasteiger partial charge in [0.2, 0.25) is 0 Å². The number of carbonyl (C=O) groups excluding carboxylic acids is 1. The highest BCUT2D eigenvalue weighted by Gasteiger charge is 2.34. The van der Waals surface area contributed by atoms with E-state index in [2.05, 4.69) is 15.3 Å². The van der Waals surface area contributed by atoms with Crippen LogP contribution in [0.15, 0.2) is 36.7 Å². The molecule has 0 aliphatic carbocycles. The Balaban J connectivity index is 1.57. The summed E-state index contributed by atoms with van der Waals surface area (Å²) in [5, 5.41) is 8.18. The molecule has 0 saturated carbocycles. The Morgan fingerprint density at radius 3 is 3.04 bits per heavy atom. The first-order valence-corrected chi connectivity index (χ1v) is 9.68. The fourth-order valence-electron chi connectivity index (χ4n) is 3.55. The third kappa shape index (κ3) is 2.76. The number of anilines is 2. The second kappa shape index (κ2) is 5.82. The van der Waals surface area contributed by atoms with Gasteiger partial charge >= 0.3 is 0 Å². The molecular formula is C19H19N5O2S. The van der Waals surface area contributed by atoms with Crippen molar-refractivity contribution in [2.45, 2.75) is 25.8 Å². The number of nitrogens with one attached hydrogen (secondary N) is 1. The summed E-state index contributed by atoms with van der Waals surface area (Å²) < 4.78 is 7.65. The number of aromatic nitrogens is 3. The van der Waals surface area contributed by atoms with Crippen LogP contribution in [0.4, 0.5) is 10.8 Å².